The highest BCUT2D eigenvalue weighted by Crippen LogP contribution is 2.40. The van der Waals surface area contributed by atoms with Crippen LogP contribution in [0.3, 0.4) is 0 Å². The van der Waals surface area contributed by atoms with E-state index in [9.17, 15) is 4.79 Å². The molecular formula is C15H24O2. The molecule has 0 radical (unpaired) electrons. The van der Waals surface area contributed by atoms with Gasteiger partial charge in [0.1, 0.15) is 6.10 Å². The summed E-state index contributed by atoms with van der Waals surface area (Å²) in [6.07, 6.45) is 7.66. The largest absolute Gasteiger partial charge is 0.459 e. The maximum absolute atomic E-state index is 10.8. The molecule has 0 saturated carbocycles. The lowest BCUT2D eigenvalue weighted by atomic mass is 9.72. The first-order valence-corrected chi connectivity index (χ1v) is 6.38. The molecule has 96 valence electrons. The zero-order chi connectivity index (χ0) is 13.1. The van der Waals surface area contributed by atoms with Gasteiger partial charge in [0.05, 0.1) is 0 Å². The van der Waals surface area contributed by atoms with Crippen molar-refractivity contribution in [2.75, 3.05) is 0 Å². The molecule has 0 aromatic heterocycles. The number of rotatable bonds is 3. The molecule has 1 aliphatic rings. The van der Waals surface area contributed by atoms with Gasteiger partial charge in [0.15, 0.2) is 0 Å². The molecule has 0 aliphatic heterocycles. The lowest BCUT2D eigenvalue weighted by Crippen LogP contribution is -2.19. The Hall–Kier alpha value is -1.05. The van der Waals surface area contributed by atoms with Crippen LogP contribution >= 0.6 is 0 Å². The minimum absolute atomic E-state index is 0.148. The van der Waals surface area contributed by atoms with Gasteiger partial charge in [-0.3, -0.25) is 4.79 Å². The Labute approximate surface area is 105 Å². The summed E-state index contributed by atoms with van der Waals surface area (Å²) in [5, 5.41) is 0. The van der Waals surface area contributed by atoms with Crippen molar-refractivity contribution in [3.63, 3.8) is 0 Å². The second-order valence-electron chi connectivity index (χ2n) is 5.61. The smallest absolute Gasteiger partial charge is 0.303 e. The maximum atomic E-state index is 10.8. The van der Waals surface area contributed by atoms with E-state index < -0.39 is 0 Å². The average molecular weight is 236 g/mol. The molecule has 0 bridgehead atoms. The van der Waals surface area contributed by atoms with Gasteiger partial charge in [-0.1, -0.05) is 25.5 Å². The van der Waals surface area contributed by atoms with E-state index in [0.717, 1.165) is 0 Å². The van der Waals surface area contributed by atoms with E-state index in [1.807, 2.05) is 13.0 Å². The highest BCUT2D eigenvalue weighted by atomic mass is 16.5. The molecule has 0 amide bonds. The summed E-state index contributed by atoms with van der Waals surface area (Å²) in [5.74, 6) is -0.226. The van der Waals surface area contributed by atoms with Crippen LogP contribution in [-0.2, 0) is 9.53 Å². The predicted octanol–water partition coefficient (Wildman–Crippen LogP) is 4.02. The number of carbonyl (C=O) groups excluding carboxylic acids is 1. The molecule has 1 unspecified atom stereocenters. The number of hydrogen-bond acceptors (Lipinski definition) is 2. The van der Waals surface area contributed by atoms with Crippen molar-refractivity contribution in [2.45, 2.75) is 60.0 Å². The second kappa shape index (κ2) is 5.52. The lowest BCUT2D eigenvalue weighted by Gasteiger charge is -2.33. The third kappa shape index (κ3) is 4.03. The molecule has 0 saturated heterocycles. The minimum atomic E-state index is -0.226. The van der Waals surface area contributed by atoms with Crippen LogP contribution in [0.2, 0.25) is 0 Å². The average Bonchev–Trinajstić information content (AvgIpc) is 2.14. The summed E-state index contributed by atoms with van der Waals surface area (Å²) in [6.45, 7) is 10.1. The second-order valence-corrected chi connectivity index (χ2v) is 5.61. The molecule has 1 aliphatic carbocycles. The molecule has 17 heavy (non-hydrogen) atoms. The van der Waals surface area contributed by atoms with E-state index in [2.05, 4.69) is 26.8 Å². The SMILES string of the molecule is CC(=O)OC(C)C=CC1=C(C)CCCC1(C)C. The van der Waals surface area contributed by atoms with Crippen molar-refractivity contribution in [3.05, 3.63) is 23.3 Å². The Morgan fingerprint density at radius 3 is 2.65 bits per heavy atom. The molecule has 0 aromatic rings. The first-order valence-electron chi connectivity index (χ1n) is 6.38. The van der Waals surface area contributed by atoms with Crippen LogP contribution in [0, 0.1) is 5.41 Å². The number of allylic oxidation sites excluding steroid dienone is 3. The van der Waals surface area contributed by atoms with Gasteiger partial charge in [-0.15, -0.1) is 0 Å². The molecule has 0 fully saturated rings. The van der Waals surface area contributed by atoms with E-state index in [1.165, 1.54) is 37.3 Å². The Kier molecular flexibility index (Phi) is 4.55. The number of esters is 1. The van der Waals surface area contributed by atoms with E-state index in [-0.39, 0.29) is 17.5 Å². The summed E-state index contributed by atoms with van der Waals surface area (Å²) in [4.78, 5) is 10.8. The van der Waals surface area contributed by atoms with Gasteiger partial charge in [0.2, 0.25) is 0 Å². The molecule has 1 rings (SSSR count). The fraction of sp³-hybridized carbons (Fsp3) is 0.667. The number of hydrogen-bond donors (Lipinski definition) is 0. The van der Waals surface area contributed by atoms with E-state index in [4.69, 9.17) is 4.74 Å². The molecule has 2 nitrogen and oxygen atoms in total. The minimum Gasteiger partial charge on any atom is -0.459 e. The van der Waals surface area contributed by atoms with Crippen LogP contribution < -0.4 is 0 Å². The molecule has 0 aromatic carbocycles. The summed E-state index contributed by atoms with van der Waals surface area (Å²) >= 11 is 0. The highest BCUT2D eigenvalue weighted by molar-refractivity contribution is 5.66. The Morgan fingerprint density at radius 1 is 1.47 bits per heavy atom. The quantitative estimate of drug-likeness (QED) is 0.692. The number of ether oxygens (including phenoxy) is 1. The first kappa shape index (κ1) is 14.0. The molecule has 0 spiro atoms. The van der Waals surface area contributed by atoms with Crippen molar-refractivity contribution in [1.29, 1.82) is 0 Å². The normalized spacial score (nSPS) is 21.7. The van der Waals surface area contributed by atoms with Crippen molar-refractivity contribution >= 4 is 5.97 Å². The van der Waals surface area contributed by atoms with Crippen LogP contribution in [0.15, 0.2) is 23.3 Å². The maximum Gasteiger partial charge on any atom is 0.303 e. The van der Waals surface area contributed by atoms with Crippen molar-refractivity contribution < 1.29 is 9.53 Å². The van der Waals surface area contributed by atoms with Crippen molar-refractivity contribution in [2.24, 2.45) is 5.41 Å². The molecular weight excluding hydrogens is 212 g/mol. The molecule has 0 heterocycles. The fourth-order valence-corrected chi connectivity index (χ4v) is 2.54. The van der Waals surface area contributed by atoms with Crippen LogP contribution in [0.1, 0.15) is 53.9 Å². The van der Waals surface area contributed by atoms with Gasteiger partial charge in [-0.25, -0.2) is 0 Å². The van der Waals surface area contributed by atoms with Crippen molar-refractivity contribution in [1.82, 2.24) is 0 Å². The fourth-order valence-electron chi connectivity index (χ4n) is 2.54. The van der Waals surface area contributed by atoms with Gasteiger partial charge >= 0.3 is 5.97 Å². The summed E-state index contributed by atoms with van der Waals surface area (Å²) in [5.41, 5.74) is 3.12. The van der Waals surface area contributed by atoms with Gasteiger partial charge in [-0.2, -0.15) is 0 Å². The van der Waals surface area contributed by atoms with Crippen LogP contribution in [-0.4, -0.2) is 12.1 Å². The highest BCUT2D eigenvalue weighted by Gasteiger charge is 2.26. The predicted molar refractivity (Wildman–Crippen MR) is 70.7 cm³/mol. The molecule has 0 N–H and O–H groups in total. The summed E-state index contributed by atoms with van der Waals surface area (Å²) < 4.78 is 5.10. The van der Waals surface area contributed by atoms with Gasteiger partial charge in [0.25, 0.3) is 0 Å². The topological polar surface area (TPSA) is 26.3 Å². The van der Waals surface area contributed by atoms with Crippen molar-refractivity contribution in [3.8, 4) is 0 Å². The van der Waals surface area contributed by atoms with E-state index in [0.29, 0.717) is 0 Å². The number of carbonyl (C=O) groups is 1. The van der Waals surface area contributed by atoms with Gasteiger partial charge in [-0.05, 0) is 50.2 Å². The van der Waals surface area contributed by atoms with Gasteiger partial charge in [0, 0.05) is 6.92 Å². The summed E-state index contributed by atoms with van der Waals surface area (Å²) in [6, 6.07) is 0. The molecule has 2 heteroatoms. The standard InChI is InChI=1S/C15H24O2/c1-11-7-6-10-15(4,5)14(11)9-8-12(2)17-13(3)16/h8-9,12H,6-7,10H2,1-5H3. The Balaban J connectivity index is 2.78. The van der Waals surface area contributed by atoms with E-state index >= 15 is 0 Å². The summed E-state index contributed by atoms with van der Waals surface area (Å²) in [7, 11) is 0. The Morgan fingerprint density at radius 2 is 2.12 bits per heavy atom. The zero-order valence-electron chi connectivity index (χ0n) is 11.7. The van der Waals surface area contributed by atoms with Crippen LogP contribution in [0.25, 0.3) is 0 Å². The van der Waals surface area contributed by atoms with E-state index in [1.54, 1.807) is 0 Å². The Bertz CT molecular complexity index is 348. The third-order valence-corrected chi connectivity index (χ3v) is 3.43. The zero-order valence-corrected chi connectivity index (χ0v) is 11.7. The van der Waals surface area contributed by atoms with Gasteiger partial charge < -0.3 is 4.74 Å². The monoisotopic (exact) mass is 236 g/mol. The third-order valence-electron chi connectivity index (χ3n) is 3.43. The van der Waals surface area contributed by atoms with Crippen LogP contribution in [0.5, 0.6) is 0 Å². The lowest BCUT2D eigenvalue weighted by molar-refractivity contribution is -0.143. The first-order chi connectivity index (χ1) is 7.83. The molecule has 1 atom stereocenters. The van der Waals surface area contributed by atoms with Crippen LogP contribution in [0.4, 0.5) is 0 Å².